The van der Waals surface area contributed by atoms with E-state index in [1.807, 2.05) is 0 Å². The molecule has 0 unspecified atom stereocenters. The van der Waals surface area contributed by atoms with E-state index in [1.54, 1.807) is 13.8 Å². The van der Waals surface area contributed by atoms with E-state index in [0.29, 0.717) is 11.2 Å². The molecule has 0 amide bonds. The fourth-order valence-corrected chi connectivity index (χ4v) is 2.27. The van der Waals surface area contributed by atoms with Crippen LogP contribution in [0.4, 0.5) is 4.39 Å². The first-order valence-corrected chi connectivity index (χ1v) is 5.87. The molecule has 8 heteroatoms. The number of ether oxygens (including phenoxy) is 1. The normalized spacial score (nSPS) is 31.2. The van der Waals surface area contributed by atoms with Gasteiger partial charge in [-0.15, -0.1) is 0 Å². The van der Waals surface area contributed by atoms with Crippen LogP contribution in [0, 0.1) is 13.0 Å². The lowest BCUT2D eigenvalue weighted by atomic mass is 10.1. The van der Waals surface area contributed by atoms with Crippen LogP contribution in [-0.2, 0) is 4.74 Å². The second kappa shape index (κ2) is 4.19. The number of nitrogens with zero attached hydrogens (tertiary/aromatic N) is 4. The molecule has 102 valence electrons. The standard InChI is InChI=1S/C11H13FN4O3/c1-4-6-9(15-11(12)14-4)16(3-13-6)10-8(18)7(17)5(2)19-10/h3,5,7-8,10,17-18H,1-2H3/t5-,7-,8-,10-/m1/s1. The van der Waals surface area contributed by atoms with Gasteiger partial charge in [0, 0.05) is 0 Å². The van der Waals surface area contributed by atoms with Crippen molar-refractivity contribution in [2.24, 2.45) is 0 Å². The molecule has 0 saturated carbocycles. The van der Waals surface area contributed by atoms with Gasteiger partial charge in [0.25, 0.3) is 0 Å². The molecule has 0 radical (unpaired) electrons. The zero-order valence-electron chi connectivity index (χ0n) is 10.4. The highest BCUT2D eigenvalue weighted by molar-refractivity contribution is 5.72. The first kappa shape index (κ1) is 12.4. The van der Waals surface area contributed by atoms with Crippen molar-refractivity contribution in [1.29, 1.82) is 0 Å². The van der Waals surface area contributed by atoms with Crippen molar-refractivity contribution < 1.29 is 19.3 Å². The van der Waals surface area contributed by atoms with Crippen molar-refractivity contribution >= 4 is 11.2 Å². The lowest BCUT2D eigenvalue weighted by molar-refractivity contribution is -0.0300. The van der Waals surface area contributed by atoms with Crippen LogP contribution in [0.15, 0.2) is 6.33 Å². The molecule has 2 N–H and O–H groups in total. The Morgan fingerprint density at radius 3 is 2.68 bits per heavy atom. The largest absolute Gasteiger partial charge is 0.388 e. The maximum absolute atomic E-state index is 13.3. The van der Waals surface area contributed by atoms with E-state index in [-0.39, 0.29) is 5.65 Å². The van der Waals surface area contributed by atoms with Gasteiger partial charge >= 0.3 is 6.08 Å². The van der Waals surface area contributed by atoms with Gasteiger partial charge in [-0.1, -0.05) is 0 Å². The van der Waals surface area contributed by atoms with Crippen molar-refractivity contribution in [3.8, 4) is 0 Å². The number of aliphatic hydroxyl groups excluding tert-OH is 2. The molecule has 1 fully saturated rings. The predicted octanol–water partition coefficient (Wildman–Crippen LogP) is -0.0871. The van der Waals surface area contributed by atoms with Gasteiger partial charge in [-0.2, -0.15) is 9.37 Å². The Hall–Kier alpha value is -1.64. The number of rotatable bonds is 1. The van der Waals surface area contributed by atoms with E-state index in [9.17, 15) is 14.6 Å². The molecule has 3 rings (SSSR count). The number of halogens is 1. The molecule has 0 aromatic carbocycles. The average molecular weight is 268 g/mol. The third-order valence-corrected chi connectivity index (χ3v) is 3.32. The summed E-state index contributed by atoms with van der Waals surface area (Å²) in [5, 5.41) is 19.6. The molecule has 1 saturated heterocycles. The molecule has 3 heterocycles. The Morgan fingerprint density at radius 1 is 1.32 bits per heavy atom. The van der Waals surface area contributed by atoms with E-state index >= 15 is 0 Å². The van der Waals surface area contributed by atoms with Gasteiger partial charge in [0.15, 0.2) is 11.9 Å². The summed E-state index contributed by atoms with van der Waals surface area (Å²) in [6.07, 6.45) is -2.97. The smallest absolute Gasteiger partial charge is 0.310 e. The molecule has 2 aromatic rings. The summed E-state index contributed by atoms with van der Waals surface area (Å²) in [4.78, 5) is 11.3. The minimum Gasteiger partial charge on any atom is -0.388 e. The number of hydrogen-bond acceptors (Lipinski definition) is 6. The number of hydrogen-bond donors (Lipinski definition) is 2. The maximum Gasteiger partial charge on any atom is 0.310 e. The van der Waals surface area contributed by atoms with E-state index < -0.39 is 30.6 Å². The second-order valence-corrected chi connectivity index (χ2v) is 4.62. The summed E-state index contributed by atoms with van der Waals surface area (Å²) in [6.45, 7) is 3.27. The monoisotopic (exact) mass is 268 g/mol. The van der Waals surface area contributed by atoms with E-state index in [1.165, 1.54) is 10.9 Å². The summed E-state index contributed by atoms with van der Waals surface area (Å²) < 4.78 is 20.1. The van der Waals surface area contributed by atoms with Crippen molar-refractivity contribution in [2.75, 3.05) is 0 Å². The zero-order valence-corrected chi connectivity index (χ0v) is 10.4. The topological polar surface area (TPSA) is 93.3 Å². The average Bonchev–Trinajstić information content (AvgIpc) is 2.86. The summed E-state index contributed by atoms with van der Waals surface area (Å²) in [5.74, 6) is 0. The molecule has 19 heavy (non-hydrogen) atoms. The van der Waals surface area contributed by atoms with Crippen LogP contribution in [-0.4, -0.2) is 48.0 Å². The third kappa shape index (κ3) is 1.79. The highest BCUT2D eigenvalue weighted by Gasteiger charge is 2.42. The van der Waals surface area contributed by atoms with E-state index in [0.717, 1.165) is 0 Å². The van der Waals surface area contributed by atoms with Crippen molar-refractivity contribution in [1.82, 2.24) is 19.5 Å². The minimum absolute atomic E-state index is 0.232. The van der Waals surface area contributed by atoms with Gasteiger partial charge < -0.3 is 14.9 Å². The van der Waals surface area contributed by atoms with Crippen LogP contribution < -0.4 is 0 Å². The lowest BCUT2D eigenvalue weighted by Crippen LogP contribution is -2.30. The van der Waals surface area contributed by atoms with Gasteiger partial charge in [-0.25, -0.2) is 9.97 Å². The van der Waals surface area contributed by atoms with Crippen LogP contribution in [0.25, 0.3) is 11.2 Å². The molecule has 4 atom stereocenters. The summed E-state index contributed by atoms with van der Waals surface area (Å²) in [7, 11) is 0. The quantitative estimate of drug-likeness (QED) is 0.702. The van der Waals surface area contributed by atoms with Gasteiger partial charge in [0.05, 0.1) is 18.1 Å². The van der Waals surface area contributed by atoms with E-state index in [4.69, 9.17) is 4.74 Å². The fraction of sp³-hybridized carbons (Fsp3) is 0.545. The molecule has 0 bridgehead atoms. The lowest BCUT2D eigenvalue weighted by Gasteiger charge is -2.16. The second-order valence-electron chi connectivity index (χ2n) is 4.62. The molecular weight excluding hydrogens is 255 g/mol. The van der Waals surface area contributed by atoms with Crippen LogP contribution in [0.5, 0.6) is 0 Å². The van der Waals surface area contributed by atoms with Gasteiger partial charge in [-0.3, -0.25) is 4.57 Å². The summed E-state index contributed by atoms with van der Waals surface area (Å²) >= 11 is 0. The number of aliphatic hydroxyl groups is 2. The van der Waals surface area contributed by atoms with E-state index in [2.05, 4.69) is 15.0 Å². The number of aromatic nitrogens is 4. The molecule has 7 nitrogen and oxygen atoms in total. The SMILES string of the molecule is Cc1nc(F)nc2c1ncn2[C@@H]1O[C@H](C)[C@@H](O)[C@H]1O. The molecule has 0 aliphatic carbocycles. The first-order valence-electron chi connectivity index (χ1n) is 5.87. The fourth-order valence-electron chi connectivity index (χ4n) is 2.27. The van der Waals surface area contributed by atoms with Gasteiger partial charge in [-0.05, 0) is 13.8 Å². The Bertz CT molecular complexity index is 632. The molecule has 2 aromatic heterocycles. The van der Waals surface area contributed by atoms with Crippen molar-refractivity contribution in [2.45, 2.75) is 38.4 Å². The van der Waals surface area contributed by atoms with Crippen LogP contribution >= 0.6 is 0 Å². The third-order valence-electron chi connectivity index (χ3n) is 3.32. The Morgan fingerprint density at radius 2 is 2.05 bits per heavy atom. The molecule has 1 aliphatic rings. The van der Waals surface area contributed by atoms with Crippen molar-refractivity contribution in [3.63, 3.8) is 0 Å². The highest BCUT2D eigenvalue weighted by Crippen LogP contribution is 2.31. The Kier molecular flexibility index (Phi) is 2.73. The number of fused-ring (bicyclic) bond motifs is 1. The predicted molar refractivity (Wildman–Crippen MR) is 61.6 cm³/mol. The Labute approximate surface area is 107 Å². The summed E-state index contributed by atoms with van der Waals surface area (Å²) in [5.41, 5.74) is 1.07. The molecule has 1 aliphatic heterocycles. The minimum atomic E-state index is -1.12. The van der Waals surface area contributed by atoms with Gasteiger partial charge in [0.1, 0.15) is 17.7 Å². The maximum atomic E-state index is 13.3. The van der Waals surface area contributed by atoms with Crippen LogP contribution in [0.1, 0.15) is 18.8 Å². The van der Waals surface area contributed by atoms with Crippen LogP contribution in [0.3, 0.4) is 0 Å². The van der Waals surface area contributed by atoms with Gasteiger partial charge in [0.2, 0.25) is 0 Å². The molecule has 0 spiro atoms. The van der Waals surface area contributed by atoms with Crippen LogP contribution in [0.2, 0.25) is 0 Å². The highest BCUT2D eigenvalue weighted by atomic mass is 19.1. The Balaban J connectivity index is 2.11. The first-order chi connectivity index (χ1) is 8.99. The molecular formula is C11H13FN4O3. The van der Waals surface area contributed by atoms with Crippen molar-refractivity contribution in [3.05, 3.63) is 18.1 Å². The summed E-state index contributed by atoms with van der Waals surface area (Å²) in [6, 6.07) is 0. The number of imidazole rings is 1. The zero-order chi connectivity index (χ0) is 13.7. The number of aryl methyl sites for hydroxylation is 1.